The van der Waals surface area contributed by atoms with Gasteiger partial charge in [0, 0.05) is 25.6 Å². The molecule has 1 aromatic carbocycles. The van der Waals surface area contributed by atoms with Crippen molar-refractivity contribution in [3.8, 4) is 0 Å². The van der Waals surface area contributed by atoms with Gasteiger partial charge in [-0.25, -0.2) is 0 Å². The van der Waals surface area contributed by atoms with E-state index in [2.05, 4.69) is 49.5 Å². The van der Waals surface area contributed by atoms with E-state index in [1.165, 1.54) is 31.2 Å². The van der Waals surface area contributed by atoms with Gasteiger partial charge < -0.3 is 10.1 Å². The van der Waals surface area contributed by atoms with Gasteiger partial charge in [-0.15, -0.1) is 0 Å². The minimum Gasteiger partial charge on any atom is -0.383 e. The van der Waals surface area contributed by atoms with Crippen LogP contribution in [0.2, 0.25) is 0 Å². The van der Waals surface area contributed by atoms with Gasteiger partial charge in [-0.3, -0.25) is 0 Å². The zero-order chi connectivity index (χ0) is 14.0. The first kappa shape index (κ1) is 16.2. The molecular weight excluding hydrogens is 234 g/mol. The Balaban J connectivity index is 2.81. The third kappa shape index (κ3) is 4.96. The molecule has 0 spiro atoms. The van der Waals surface area contributed by atoms with Crippen LogP contribution < -0.4 is 5.32 Å². The molecule has 0 heterocycles. The zero-order valence-corrected chi connectivity index (χ0v) is 12.7. The van der Waals surface area contributed by atoms with Crippen molar-refractivity contribution in [2.45, 2.75) is 44.9 Å². The van der Waals surface area contributed by atoms with Crippen LogP contribution in [0.5, 0.6) is 0 Å². The fourth-order valence-corrected chi connectivity index (χ4v) is 2.94. The highest BCUT2D eigenvalue weighted by molar-refractivity contribution is 5.26. The second-order valence-corrected chi connectivity index (χ2v) is 5.32. The maximum atomic E-state index is 5.12. The van der Waals surface area contributed by atoms with Gasteiger partial charge in [0.25, 0.3) is 0 Å². The number of ether oxygens (including phenoxy) is 1. The van der Waals surface area contributed by atoms with E-state index in [1.807, 2.05) is 0 Å². The predicted octanol–water partition coefficient (Wildman–Crippen LogP) is 3.76. The van der Waals surface area contributed by atoms with Gasteiger partial charge in [0.05, 0.1) is 6.61 Å². The third-order valence-electron chi connectivity index (χ3n) is 3.79. The van der Waals surface area contributed by atoms with E-state index < -0.39 is 0 Å². The molecule has 2 nitrogen and oxygen atoms in total. The third-order valence-corrected chi connectivity index (χ3v) is 3.79. The highest BCUT2D eigenvalue weighted by Crippen LogP contribution is 2.33. The summed E-state index contributed by atoms with van der Waals surface area (Å²) < 4.78 is 5.12. The standard InChI is InChI=1S/C17H29NO/c1-4-11-17(12-5-2,15-18-13-14-19-3)16-9-7-6-8-10-16/h6-10,18H,4-5,11-15H2,1-3H3. The molecule has 0 atom stereocenters. The lowest BCUT2D eigenvalue weighted by Gasteiger charge is -2.35. The normalized spacial score (nSPS) is 11.7. The number of rotatable bonds is 10. The average Bonchev–Trinajstić information content (AvgIpc) is 2.45. The van der Waals surface area contributed by atoms with Crippen molar-refractivity contribution in [3.05, 3.63) is 35.9 Å². The van der Waals surface area contributed by atoms with Gasteiger partial charge in [-0.2, -0.15) is 0 Å². The summed E-state index contributed by atoms with van der Waals surface area (Å²) in [6.45, 7) is 7.31. The molecule has 0 saturated carbocycles. The van der Waals surface area contributed by atoms with Crippen molar-refractivity contribution in [2.75, 3.05) is 26.8 Å². The Kier molecular flexibility index (Phi) is 7.76. The first-order chi connectivity index (χ1) is 9.29. The Morgan fingerprint density at radius 1 is 1.05 bits per heavy atom. The van der Waals surface area contributed by atoms with E-state index in [-0.39, 0.29) is 5.41 Å². The topological polar surface area (TPSA) is 21.3 Å². The average molecular weight is 263 g/mol. The SMILES string of the molecule is CCCC(CCC)(CNCCOC)c1ccccc1. The molecule has 0 amide bonds. The zero-order valence-electron chi connectivity index (χ0n) is 12.7. The maximum absolute atomic E-state index is 5.12. The summed E-state index contributed by atoms with van der Waals surface area (Å²) in [5.41, 5.74) is 1.75. The lowest BCUT2D eigenvalue weighted by atomic mass is 9.73. The van der Waals surface area contributed by atoms with Gasteiger partial charge >= 0.3 is 0 Å². The molecule has 1 aromatic rings. The summed E-state index contributed by atoms with van der Waals surface area (Å²) in [5, 5.41) is 3.57. The first-order valence-electron chi connectivity index (χ1n) is 7.54. The largest absolute Gasteiger partial charge is 0.383 e. The van der Waals surface area contributed by atoms with Crippen LogP contribution in [0, 0.1) is 0 Å². The van der Waals surface area contributed by atoms with Crippen molar-refractivity contribution < 1.29 is 4.74 Å². The van der Waals surface area contributed by atoms with Crippen molar-refractivity contribution in [3.63, 3.8) is 0 Å². The molecule has 0 aliphatic carbocycles. The van der Waals surface area contributed by atoms with Crippen molar-refractivity contribution >= 4 is 0 Å². The van der Waals surface area contributed by atoms with Crippen LogP contribution in [0.3, 0.4) is 0 Å². The Morgan fingerprint density at radius 3 is 2.21 bits per heavy atom. The summed E-state index contributed by atoms with van der Waals surface area (Å²) in [4.78, 5) is 0. The van der Waals surface area contributed by atoms with Gasteiger partial charge in [-0.1, -0.05) is 57.0 Å². The Labute approximate surface area is 118 Å². The Morgan fingerprint density at radius 2 is 1.68 bits per heavy atom. The molecule has 1 N–H and O–H groups in total. The highest BCUT2D eigenvalue weighted by Gasteiger charge is 2.29. The molecule has 0 radical (unpaired) electrons. The van der Waals surface area contributed by atoms with Gasteiger partial charge in [0.1, 0.15) is 0 Å². The highest BCUT2D eigenvalue weighted by atomic mass is 16.5. The van der Waals surface area contributed by atoms with Crippen LogP contribution in [0.4, 0.5) is 0 Å². The summed E-state index contributed by atoms with van der Waals surface area (Å²) >= 11 is 0. The number of hydrogen-bond donors (Lipinski definition) is 1. The molecule has 0 bridgehead atoms. The van der Waals surface area contributed by atoms with Crippen LogP contribution in [-0.2, 0) is 10.2 Å². The number of nitrogens with one attached hydrogen (secondary N) is 1. The minimum atomic E-state index is 0.276. The van der Waals surface area contributed by atoms with Crippen LogP contribution >= 0.6 is 0 Å². The first-order valence-corrected chi connectivity index (χ1v) is 7.54. The van der Waals surface area contributed by atoms with E-state index in [0.717, 1.165) is 19.7 Å². The summed E-state index contributed by atoms with van der Waals surface area (Å²) in [6.07, 6.45) is 4.93. The monoisotopic (exact) mass is 263 g/mol. The Bertz CT molecular complexity index is 317. The Hall–Kier alpha value is -0.860. The molecule has 0 aliphatic heterocycles. The van der Waals surface area contributed by atoms with E-state index in [9.17, 15) is 0 Å². The fraction of sp³-hybridized carbons (Fsp3) is 0.647. The molecule has 108 valence electrons. The molecule has 0 aromatic heterocycles. The number of benzene rings is 1. The van der Waals surface area contributed by atoms with Gasteiger partial charge in [-0.05, 0) is 18.4 Å². The van der Waals surface area contributed by atoms with Gasteiger partial charge in [0.2, 0.25) is 0 Å². The van der Waals surface area contributed by atoms with E-state index >= 15 is 0 Å². The molecule has 0 saturated heterocycles. The minimum absolute atomic E-state index is 0.276. The molecule has 0 aliphatic rings. The van der Waals surface area contributed by atoms with Gasteiger partial charge in [0.15, 0.2) is 0 Å². The van der Waals surface area contributed by atoms with Crippen LogP contribution in [0.1, 0.15) is 45.1 Å². The van der Waals surface area contributed by atoms with Crippen LogP contribution in [0.15, 0.2) is 30.3 Å². The molecule has 19 heavy (non-hydrogen) atoms. The number of methoxy groups -OCH3 is 1. The molecular formula is C17H29NO. The molecule has 0 fully saturated rings. The molecule has 2 heteroatoms. The smallest absolute Gasteiger partial charge is 0.0587 e. The second kappa shape index (κ2) is 9.11. The maximum Gasteiger partial charge on any atom is 0.0587 e. The van der Waals surface area contributed by atoms with Crippen molar-refractivity contribution in [2.24, 2.45) is 0 Å². The molecule has 1 rings (SSSR count). The van der Waals surface area contributed by atoms with E-state index in [1.54, 1.807) is 7.11 Å². The fourth-order valence-electron chi connectivity index (χ4n) is 2.94. The van der Waals surface area contributed by atoms with Crippen LogP contribution in [0.25, 0.3) is 0 Å². The molecule has 0 unspecified atom stereocenters. The lowest BCUT2D eigenvalue weighted by Crippen LogP contribution is -2.39. The van der Waals surface area contributed by atoms with Crippen molar-refractivity contribution in [1.82, 2.24) is 5.32 Å². The van der Waals surface area contributed by atoms with Crippen molar-refractivity contribution in [1.29, 1.82) is 0 Å². The second-order valence-electron chi connectivity index (χ2n) is 5.32. The van der Waals surface area contributed by atoms with E-state index in [4.69, 9.17) is 4.74 Å². The number of hydrogen-bond acceptors (Lipinski definition) is 2. The van der Waals surface area contributed by atoms with Crippen LogP contribution in [-0.4, -0.2) is 26.8 Å². The lowest BCUT2D eigenvalue weighted by molar-refractivity contribution is 0.195. The summed E-state index contributed by atoms with van der Waals surface area (Å²) in [7, 11) is 1.75. The summed E-state index contributed by atoms with van der Waals surface area (Å²) in [5.74, 6) is 0. The quantitative estimate of drug-likeness (QED) is 0.649. The summed E-state index contributed by atoms with van der Waals surface area (Å²) in [6, 6.07) is 11.0. The van der Waals surface area contributed by atoms with E-state index in [0.29, 0.717) is 0 Å². The predicted molar refractivity (Wildman–Crippen MR) is 82.7 cm³/mol.